The van der Waals surface area contributed by atoms with E-state index in [1.807, 2.05) is 0 Å². The van der Waals surface area contributed by atoms with Crippen molar-refractivity contribution in [3.63, 3.8) is 0 Å². The molecule has 0 fully saturated rings. The molecule has 1 atom stereocenters. The lowest BCUT2D eigenvalue weighted by molar-refractivity contribution is 0.309. The van der Waals surface area contributed by atoms with E-state index in [1.165, 1.54) is 16.7 Å². The van der Waals surface area contributed by atoms with E-state index in [4.69, 9.17) is 11.2 Å². The summed E-state index contributed by atoms with van der Waals surface area (Å²) in [6.45, 7) is 9.32. The van der Waals surface area contributed by atoms with Crippen molar-refractivity contribution in [3.8, 4) is 18.1 Å². The smallest absolute Gasteiger partial charge is 0.125 e. The summed E-state index contributed by atoms with van der Waals surface area (Å²) >= 11 is 0. The molecule has 0 spiro atoms. The molecule has 0 N–H and O–H groups in total. The van der Waals surface area contributed by atoms with Crippen LogP contribution in [0.3, 0.4) is 0 Å². The molecule has 0 amide bonds. The molecule has 0 bridgehead atoms. The van der Waals surface area contributed by atoms with Crippen molar-refractivity contribution >= 4 is 0 Å². The molecule has 0 saturated heterocycles. The summed E-state index contributed by atoms with van der Waals surface area (Å²) in [5, 5.41) is 0. The highest BCUT2D eigenvalue weighted by Crippen LogP contribution is 2.35. The number of hydrogen-bond acceptors (Lipinski definition) is 1. The quantitative estimate of drug-likeness (QED) is 0.664. The van der Waals surface area contributed by atoms with Gasteiger partial charge in [-0.05, 0) is 43.7 Å². The van der Waals surface area contributed by atoms with Gasteiger partial charge in [-0.15, -0.1) is 12.3 Å². The van der Waals surface area contributed by atoms with Crippen LogP contribution < -0.4 is 4.74 Å². The largest absolute Gasteiger partial charge is 0.493 e. The monoisotopic (exact) mass is 244 g/mol. The van der Waals surface area contributed by atoms with E-state index >= 15 is 0 Å². The van der Waals surface area contributed by atoms with Crippen LogP contribution >= 0.6 is 0 Å². The molecule has 0 aliphatic carbocycles. The van der Waals surface area contributed by atoms with Crippen molar-refractivity contribution in [1.29, 1.82) is 0 Å². The summed E-state index contributed by atoms with van der Waals surface area (Å²) in [5.41, 5.74) is 3.78. The third kappa shape index (κ3) is 3.53. The Bertz CT molecular complexity index is 426. The van der Waals surface area contributed by atoms with Crippen LogP contribution in [0.2, 0.25) is 0 Å². The molecular weight excluding hydrogens is 220 g/mol. The Hall–Kier alpha value is -1.42. The molecule has 0 aliphatic rings. The van der Waals surface area contributed by atoms with Crippen LogP contribution in [-0.4, -0.2) is 6.61 Å². The molecule has 0 saturated carbocycles. The van der Waals surface area contributed by atoms with Crippen molar-refractivity contribution in [2.24, 2.45) is 0 Å². The molecule has 98 valence electrons. The normalized spacial score (nSPS) is 11.9. The maximum absolute atomic E-state index is 5.93. The van der Waals surface area contributed by atoms with Crippen LogP contribution in [0, 0.1) is 26.2 Å². The minimum atomic E-state index is 0.403. The zero-order valence-corrected chi connectivity index (χ0v) is 12.0. The average Bonchev–Trinajstić information content (AvgIpc) is 2.34. The number of rotatable bonds is 6. The maximum Gasteiger partial charge on any atom is 0.125 e. The standard InChI is InChI=1S/C17H24O/c1-6-9-15(8-3)16-12-13(4)11-14(5)17(16)18-10-7-2/h1,11-12,15H,7-10H2,2-5H3. The third-order valence-corrected chi connectivity index (χ3v) is 3.20. The SMILES string of the molecule is C#CCC(CC)c1cc(C)cc(C)c1OCCC. The molecule has 18 heavy (non-hydrogen) atoms. The molecule has 1 rings (SSSR count). The molecule has 1 aromatic carbocycles. The lowest BCUT2D eigenvalue weighted by Gasteiger charge is -2.20. The number of terminal acetylenes is 1. The van der Waals surface area contributed by atoms with Gasteiger partial charge in [-0.3, -0.25) is 0 Å². The predicted octanol–water partition coefficient (Wildman–Crippen LogP) is 4.61. The van der Waals surface area contributed by atoms with Crippen LogP contribution in [0.5, 0.6) is 5.75 Å². The molecule has 1 aromatic rings. The van der Waals surface area contributed by atoms with E-state index < -0.39 is 0 Å². The molecule has 0 heterocycles. The highest BCUT2D eigenvalue weighted by molar-refractivity contribution is 5.46. The fraction of sp³-hybridized carbons (Fsp3) is 0.529. The maximum atomic E-state index is 5.93. The lowest BCUT2D eigenvalue weighted by atomic mass is 9.90. The van der Waals surface area contributed by atoms with Crippen molar-refractivity contribution in [1.82, 2.24) is 0 Å². The van der Waals surface area contributed by atoms with Crippen molar-refractivity contribution in [2.75, 3.05) is 6.61 Å². The number of ether oxygens (including phenoxy) is 1. The summed E-state index contributed by atoms with van der Waals surface area (Å²) in [4.78, 5) is 0. The average molecular weight is 244 g/mol. The number of aryl methyl sites for hydroxylation is 2. The summed E-state index contributed by atoms with van der Waals surface area (Å²) in [7, 11) is 0. The van der Waals surface area contributed by atoms with Gasteiger partial charge in [0.2, 0.25) is 0 Å². The lowest BCUT2D eigenvalue weighted by Crippen LogP contribution is -2.05. The van der Waals surface area contributed by atoms with E-state index in [9.17, 15) is 0 Å². The first kappa shape index (κ1) is 14.6. The molecule has 0 aliphatic heterocycles. The van der Waals surface area contributed by atoms with Gasteiger partial charge < -0.3 is 4.74 Å². The van der Waals surface area contributed by atoms with Crippen molar-refractivity contribution in [3.05, 3.63) is 28.8 Å². The van der Waals surface area contributed by atoms with Gasteiger partial charge in [0.1, 0.15) is 5.75 Å². The van der Waals surface area contributed by atoms with Gasteiger partial charge in [-0.2, -0.15) is 0 Å². The van der Waals surface area contributed by atoms with Gasteiger partial charge in [-0.1, -0.05) is 31.5 Å². The second kappa shape index (κ2) is 7.11. The molecule has 1 unspecified atom stereocenters. The van der Waals surface area contributed by atoms with Gasteiger partial charge in [0.25, 0.3) is 0 Å². The van der Waals surface area contributed by atoms with Gasteiger partial charge >= 0.3 is 0 Å². The van der Waals surface area contributed by atoms with E-state index in [0.717, 1.165) is 31.6 Å². The third-order valence-electron chi connectivity index (χ3n) is 3.20. The Morgan fingerprint density at radius 2 is 2.00 bits per heavy atom. The Kier molecular flexibility index (Phi) is 5.78. The highest BCUT2D eigenvalue weighted by Gasteiger charge is 2.16. The predicted molar refractivity (Wildman–Crippen MR) is 78.2 cm³/mol. The van der Waals surface area contributed by atoms with E-state index in [0.29, 0.717) is 5.92 Å². The van der Waals surface area contributed by atoms with Crippen molar-refractivity contribution < 1.29 is 4.74 Å². The van der Waals surface area contributed by atoms with Crippen molar-refractivity contribution in [2.45, 2.75) is 52.9 Å². The summed E-state index contributed by atoms with van der Waals surface area (Å²) in [5.74, 6) is 4.23. The molecule has 1 nitrogen and oxygen atoms in total. The second-order valence-electron chi connectivity index (χ2n) is 4.86. The van der Waals surface area contributed by atoms with Crippen LogP contribution in [-0.2, 0) is 0 Å². The second-order valence-corrected chi connectivity index (χ2v) is 4.86. The Labute approximate surface area is 112 Å². The molecule has 1 heteroatoms. The number of hydrogen-bond donors (Lipinski definition) is 0. The van der Waals surface area contributed by atoms with Gasteiger partial charge in [0, 0.05) is 6.42 Å². The fourth-order valence-electron chi connectivity index (χ4n) is 2.31. The van der Waals surface area contributed by atoms with Gasteiger partial charge in [0.15, 0.2) is 0 Å². The van der Waals surface area contributed by atoms with Crippen LogP contribution in [0.25, 0.3) is 0 Å². The highest BCUT2D eigenvalue weighted by atomic mass is 16.5. The zero-order chi connectivity index (χ0) is 13.5. The van der Waals surface area contributed by atoms with Gasteiger partial charge in [-0.25, -0.2) is 0 Å². The van der Waals surface area contributed by atoms with Crippen LogP contribution in [0.4, 0.5) is 0 Å². The topological polar surface area (TPSA) is 9.23 Å². The molecular formula is C17H24O. The van der Waals surface area contributed by atoms with E-state index in [2.05, 4.69) is 45.7 Å². The first-order valence-corrected chi connectivity index (χ1v) is 6.81. The summed E-state index contributed by atoms with van der Waals surface area (Å²) in [6.07, 6.45) is 8.34. The summed E-state index contributed by atoms with van der Waals surface area (Å²) < 4.78 is 5.93. The zero-order valence-electron chi connectivity index (χ0n) is 12.0. The fourth-order valence-corrected chi connectivity index (χ4v) is 2.31. The van der Waals surface area contributed by atoms with Gasteiger partial charge in [0.05, 0.1) is 6.61 Å². The minimum absolute atomic E-state index is 0.403. The van der Waals surface area contributed by atoms with Crippen LogP contribution in [0.1, 0.15) is 55.7 Å². The van der Waals surface area contributed by atoms with Crippen LogP contribution in [0.15, 0.2) is 12.1 Å². The summed E-state index contributed by atoms with van der Waals surface area (Å²) in [6, 6.07) is 4.40. The molecule has 0 radical (unpaired) electrons. The van der Waals surface area contributed by atoms with E-state index in [-0.39, 0.29) is 0 Å². The number of benzene rings is 1. The Balaban J connectivity index is 3.17. The molecule has 0 aromatic heterocycles. The minimum Gasteiger partial charge on any atom is -0.493 e. The first-order valence-electron chi connectivity index (χ1n) is 6.81. The Morgan fingerprint density at radius 1 is 1.28 bits per heavy atom. The van der Waals surface area contributed by atoms with E-state index in [1.54, 1.807) is 0 Å². The first-order chi connectivity index (χ1) is 8.63. The Morgan fingerprint density at radius 3 is 2.56 bits per heavy atom.